The zero-order valence-corrected chi connectivity index (χ0v) is 14.1. The molecule has 4 atom stereocenters. The average Bonchev–Trinajstić information content (AvgIpc) is 2.47. The van der Waals surface area contributed by atoms with E-state index in [-0.39, 0.29) is 18.8 Å². The fraction of sp³-hybridized carbons (Fsp3) is 0.812. The topological polar surface area (TPSA) is 119 Å². The predicted molar refractivity (Wildman–Crippen MR) is 80.0 cm³/mol. The quantitative estimate of drug-likeness (QED) is 0.674. The molecule has 2 aliphatic heterocycles. The van der Waals surface area contributed by atoms with Crippen molar-refractivity contribution >= 4 is 17.9 Å². The summed E-state index contributed by atoms with van der Waals surface area (Å²) >= 11 is 0. The number of carbonyl (C=O) groups is 3. The van der Waals surface area contributed by atoms with Crippen LogP contribution in [-0.4, -0.2) is 58.1 Å². The fourth-order valence-corrected chi connectivity index (χ4v) is 3.59. The molecular weight excluding hydrogens is 320 g/mol. The van der Waals surface area contributed by atoms with Gasteiger partial charge in [0.15, 0.2) is 0 Å². The first-order valence-corrected chi connectivity index (χ1v) is 8.00. The highest BCUT2D eigenvalue weighted by molar-refractivity contribution is 5.76. The molecule has 2 heterocycles. The second-order valence-electron chi connectivity index (χ2n) is 7.07. The third-order valence-corrected chi connectivity index (χ3v) is 4.96. The van der Waals surface area contributed by atoms with Gasteiger partial charge in [-0.25, -0.2) is 4.79 Å². The van der Waals surface area contributed by atoms with Gasteiger partial charge in [0.2, 0.25) is 0 Å². The number of ether oxygens (including phenoxy) is 3. The lowest BCUT2D eigenvalue weighted by atomic mass is 9.65. The van der Waals surface area contributed by atoms with Gasteiger partial charge in [0.05, 0.1) is 18.4 Å². The van der Waals surface area contributed by atoms with Crippen LogP contribution in [0.3, 0.4) is 0 Å². The number of fused-ring (bicyclic) bond motifs is 3. The van der Waals surface area contributed by atoms with Crippen LogP contribution in [0.25, 0.3) is 0 Å². The molecule has 2 bridgehead atoms. The van der Waals surface area contributed by atoms with Crippen LogP contribution in [0.1, 0.15) is 46.5 Å². The van der Waals surface area contributed by atoms with Gasteiger partial charge in [-0.15, -0.1) is 0 Å². The number of hydrogen-bond donors (Lipinski definition) is 2. The standard InChI is InChI=1S/C16H24O8/c1-15(2)9-6-10(22-13(20)5-4-12(18)19)16(3,24-15)11(7-9)23-14(21)8-17/h9-11,17H,4-8H2,1-3H3,(H,18,19). The summed E-state index contributed by atoms with van der Waals surface area (Å²) in [5.74, 6) is -2.44. The average molecular weight is 344 g/mol. The summed E-state index contributed by atoms with van der Waals surface area (Å²) in [5, 5.41) is 17.5. The van der Waals surface area contributed by atoms with Gasteiger partial charge in [0, 0.05) is 0 Å². The van der Waals surface area contributed by atoms with Crippen LogP contribution >= 0.6 is 0 Å². The summed E-state index contributed by atoms with van der Waals surface area (Å²) < 4.78 is 16.8. The first kappa shape index (κ1) is 18.7. The third-order valence-electron chi connectivity index (χ3n) is 4.96. The molecule has 136 valence electrons. The molecule has 8 nitrogen and oxygen atoms in total. The van der Waals surface area contributed by atoms with Gasteiger partial charge in [0.1, 0.15) is 24.4 Å². The van der Waals surface area contributed by atoms with Crippen molar-refractivity contribution in [2.24, 2.45) is 5.92 Å². The van der Waals surface area contributed by atoms with E-state index in [0.29, 0.717) is 12.8 Å². The highest BCUT2D eigenvalue weighted by atomic mass is 16.6. The second kappa shape index (κ2) is 6.68. The fourth-order valence-electron chi connectivity index (χ4n) is 3.59. The minimum Gasteiger partial charge on any atom is -0.481 e. The van der Waals surface area contributed by atoms with E-state index in [1.54, 1.807) is 6.92 Å². The number of aliphatic hydroxyl groups is 1. The van der Waals surface area contributed by atoms with Crippen LogP contribution in [-0.2, 0) is 28.6 Å². The summed E-state index contributed by atoms with van der Waals surface area (Å²) in [6.45, 7) is 4.85. The smallest absolute Gasteiger partial charge is 0.332 e. The molecule has 1 saturated carbocycles. The van der Waals surface area contributed by atoms with Crippen molar-refractivity contribution in [1.29, 1.82) is 0 Å². The molecule has 8 heteroatoms. The molecule has 0 aromatic heterocycles. The molecule has 0 radical (unpaired) electrons. The molecule has 2 saturated heterocycles. The lowest BCUT2D eigenvalue weighted by Crippen LogP contribution is -2.69. The largest absolute Gasteiger partial charge is 0.481 e. The summed E-state index contributed by atoms with van der Waals surface area (Å²) in [7, 11) is 0. The zero-order chi connectivity index (χ0) is 18.1. The molecule has 0 aromatic rings. The van der Waals surface area contributed by atoms with Crippen molar-refractivity contribution in [3.8, 4) is 0 Å². The highest BCUT2D eigenvalue weighted by Crippen LogP contribution is 2.51. The maximum atomic E-state index is 11.9. The summed E-state index contributed by atoms with van der Waals surface area (Å²) in [6, 6.07) is 0. The van der Waals surface area contributed by atoms with Gasteiger partial charge in [-0.3, -0.25) is 9.59 Å². The molecule has 3 rings (SSSR count). The number of carboxylic acids is 1. The number of esters is 2. The van der Waals surface area contributed by atoms with Crippen LogP contribution in [0.4, 0.5) is 0 Å². The Balaban J connectivity index is 2.13. The van der Waals surface area contributed by atoms with Crippen LogP contribution in [0.15, 0.2) is 0 Å². The van der Waals surface area contributed by atoms with Gasteiger partial charge in [-0.1, -0.05) is 0 Å². The minimum atomic E-state index is -1.07. The number of aliphatic carboxylic acids is 1. The highest BCUT2D eigenvalue weighted by Gasteiger charge is 2.62. The third kappa shape index (κ3) is 3.70. The Labute approximate surface area is 140 Å². The van der Waals surface area contributed by atoms with E-state index in [2.05, 4.69) is 0 Å². The lowest BCUT2D eigenvalue weighted by molar-refractivity contribution is -0.315. The Hall–Kier alpha value is -1.67. The molecule has 4 unspecified atom stereocenters. The summed E-state index contributed by atoms with van der Waals surface area (Å²) in [5.41, 5.74) is -1.50. The monoisotopic (exact) mass is 344 g/mol. The van der Waals surface area contributed by atoms with Gasteiger partial charge in [0.25, 0.3) is 0 Å². The van der Waals surface area contributed by atoms with Gasteiger partial charge < -0.3 is 24.4 Å². The van der Waals surface area contributed by atoms with Crippen molar-refractivity contribution in [2.75, 3.05) is 6.61 Å². The Morgan fingerprint density at radius 1 is 1.04 bits per heavy atom. The molecule has 0 aromatic carbocycles. The van der Waals surface area contributed by atoms with E-state index >= 15 is 0 Å². The van der Waals surface area contributed by atoms with Crippen LogP contribution in [0.2, 0.25) is 0 Å². The van der Waals surface area contributed by atoms with Crippen LogP contribution in [0, 0.1) is 5.92 Å². The van der Waals surface area contributed by atoms with E-state index in [4.69, 9.17) is 24.4 Å². The number of carbonyl (C=O) groups excluding carboxylic acids is 2. The van der Waals surface area contributed by atoms with E-state index in [0.717, 1.165) is 0 Å². The lowest BCUT2D eigenvalue weighted by Gasteiger charge is -2.59. The Kier molecular flexibility index (Phi) is 5.19. The van der Waals surface area contributed by atoms with Gasteiger partial charge >= 0.3 is 17.9 Å². The second-order valence-corrected chi connectivity index (χ2v) is 7.07. The van der Waals surface area contributed by atoms with Gasteiger partial charge in [-0.05, 0) is 39.5 Å². The summed E-state index contributed by atoms with van der Waals surface area (Å²) in [4.78, 5) is 33.9. The normalized spacial score (nSPS) is 33.8. The van der Waals surface area contributed by atoms with Crippen molar-refractivity contribution in [2.45, 2.75) is 69.9 Å². The first-order valence-electron chi connectivity index (χ1n) is 8.00. The molecular formula is C16H24O8. The number of hydrogen-bond acceptors (Lipinski definition) is 7. The molecule has 24 heavy (non-hydrogen) atoms. The summed E-state index contributed by atoms with van der Waals surface area (Å²) in [6.07, 6.45) is -0.699. The Morgan fingerprint density at radius 2 is 1.58 bits per heavy atom. The first-order chi connectivity index (χ1) is 11.1. The van der Waals surface area contributed by atoms with E-state index in [1.807, 2.05) is 13.8 Å². The van der Waals surface area contributed by atoms with Crippen molar-refractivity contribution in [3.05, 3.63) is 0 Å². The van der Waals surface area contributed by atoms with Crippen LogP contribution < -0.4 is 0 Å². The molecule has 3 aliphatic rings. The molecule has 2 N–H and O–H groups in total. The van der Waals surface area contributed by atoms with E-state index < -0.39 is 47.9 Å². The molecule has 0 amide bonds. The maximum absolute atomic E-state index is 11.9. The predicted octanol–water partition coefficient (Wildman–Crippen LogP) is 0.645. The Morgan fingerprint density at radius 3 is 2.08 bits per heavy atom. The molecule has 3 fully saturated rings. The molecule has 0 spiro atoms. The number of rotatable bonds is 6. The number of aliphatic hydroxyl groups excluding tert-OH is 1. The van der Waals surface area contributed by atoms with Crippen molar-refractivity contribution in [1.82, 2.24) is 0 Å². The number of carboxylic acid groups (broad SMARTS) is 1. The van der Waals surface area contributed by atoms with Crippen molar-refractivity contribution < 1.29 is 38.8 Å². The van der Waals surface area contributed by atoms with Crippen molar-refractivity contribution in [3.63, 3.8) is 0 Å². The van der Waals surface area contributed by atoms with Crippen LogP contribution in [0.5, 0.6) is 0 Å². The van der Waals surface area contributed by atoms with E-state index in [1.165, 1.54) is 0 Å². The Bertz CT molecular complexity index is 528. The molecule has 1 aliphatic carbocycles. The SMILES string of the molecule is CC1(C)OC2(C)C(OC(=O)CO)CC1CC2OC(=O)CCC(=O)O. The zero-order valence-electron chi connectivity index (χ0n) is 14.1. The minimum absolute atomic E-state index is 0.00749. The van der Waals surface area contributed by atoms with E-state index in [9.17, 15) is 14.4 Å². The maximum Gasteiger partial charge on any atom is 0.332 e. The van der Waals surface area contributed by atoms with Gasteiger partial charge in [-0.2, -0.15) is 0 Å².